The normalized spacial score (nSPS) is 11.4. The van der Waals surface area contributed by atoms with E-state index in [-0.39, 0.29) is 4.90 Å². The highest BCUT2D eigenvalue weighted by atomic mass is 32.2. The van der Waals surface area contributed by atoms with Gasteiger partial charge in [0.25, 0.3) is 0 Å². The molecule has 0 spiro atoms. The number of rotatable bonds is 7. The zero-order valence-corrected chi connectivity index (χ0v) is 15.3. The molecule has 1 heterocycles. The fourth-order valence-electron chi connectivity index (χ4n) is 2.30. The van der Waals surface area contributed by atoms with Crippen LogP contribution in [0.1, 0.15) is 5.01 Å². The van der Waals surface area contributed by atoms with E-state index in [2.05, 4.69) is 9.71 Å². The highest BCUT2D eigenvalue weighted by Gasteiger charge is 2.14. The molecule has 0 amide bonds. The molecular weight excluding hydrogens is 356 g/mol. The Balaban J connectivity index is 1.59. The van der Waals surface area contributed by atoms with Crippen molar-refractivity contribution in [2.24, 2.45) is 0 Å². The van der Waals surface area contributed by atoms with Crippen molar-refractivity contribution in [1.29, 1.82) is 0 Å². The third kappa shape index (κ3) is 4.45. The van der Waals surface area contributed by atoms with E-state index in [1.807, 2.05) is 35.7 Å². The summed E-state index contributed by atoms with van der Waals surface area (Å²) in [5.74, 6) is 0.621. The number of benzene rings is 2. The van der Waals surface area contributed by atoms with Crippen molar-refractivity contribution < 1.29 is 13.2 Å². The lowest BCUT2D eigenvalue weighted by molar-refractivity contribution is 0.414. The van der Waals surface area contributed by atoms with Crippen molar-refractivity contribution in [2.45, 2.75) is 11.3 Å². The molecule has 0 unspecified atom stereocenters. The van der Waals surface area contributed by atoms with Gasteiger partial charge in [0.2, 0.25) is 10.0 Å². The number of ether oxygens (including phenoxy) is 1. The largest absolute Gasteiger partial charge is 0.497 e. The maximum absolute atomic E-state index is 12.3. The van der Waals surface area contributed by atoms with Gasteiger partial charge in [-0.05, 0) is 24.3 Å². The first kappa shape index (κ1) is 17.6. The Kier molecular flexibility index (Phi) is 5.47. The second-order valence-electron chi connectivity index (χ2n) is 5.32. The summed E-state index contributed by atoms with van der Waals surface area (Å²) in [6.45, 7) is 0.302. The highest BCUT2D eigenvalue weighted by Crippen LogP contribution is 2.21. The van der Waals surface area contributed by atoms with E-state index < -0.39 is 10.0 Å². The monoisotopic (exact) mass is 374 g/mol. The molecule has 3 aromatic rings. The predicted molar refractivity (Wildman–Crippen MR) is 99.4 cm³/mol. The summed E-state index contributed by atoms with van der Waals surface area (Å²) >= 11 is 1.53. The number of aromatic nitrogens is 1. The average Bonchev–Trinajstić information content (AvgIpc) is 3.11. The van der Waals surface area contributed by atoms with Crippen LogP contribution in [0.4, 0.5) is 0 Å². The third-order valence-corrected chi connectivity index (χ3v) is 6.01. The van der Waals surface area contributed by atoms with Crippen molar-refractivity contribution in [3.05, 3.63) is 65.0 Å². The van der Waals surface area contributed by atoms with E-state index >= 15 is 0 Å². The van der Waals surface area contributed by atoms with E-state index in [1.54, 1.807) is 19.2 Å². The standard InChI is InChI=1S/C18H18N2O3S2/c1-23-15-7-9-16(10-8-15)25(21,22)19-12-11-18-20-17(13-24-18)14-5-3-2-4-6-14/h2-10,13,19H,11-12H2,1H3. The molecule has 0 fully saturated rings. The Morgan fingerprint density at radius 2 is 1.80 bits per heavy atom. The van der Waals surface area contributed by atoms with Gasteiger partial charge in [0, 0.05) is 23.9 Å². The van der Waals surface area contributed by atoms with Gasteiger partial charge in [-0.3, -0.25) is 0 Å². The molecule has 1 aromatic heterocycles. The van der Waals surface area contributed by atoms with Gasteiger partial charge in [-0.1, -0.05) is 30.3 Å². The molecule has 0 bridgehead atoms. The quantitative estimate of drug-likeness (QED) is 0.689. The number of hydrogen-bond donors (Lipinski definition) is 1. The van der Waals surface area contributed by atoms with E-state index in [1.165, 1.54) is 23.5 Å². The van der Waals surface area contributed by atoms with E-state index in [0.29, 0.717) is 18.7 Å². The summed E-state index contributed by atoms with van der Waals surface area (Å²) in [4.78, 5) is 4.78. The molecule has 0 radical (unpaired) electrons. The van der Waals surface area contributed by atoms with Crippen molar-refractivity contribution in [2.75, 3.05) is 13.7 Å². The summed E-state index contributed by atoms with van der Waals surface area (Å²) in [6.07, 6.45) is 0.548. The van der Waals surface area contributed by atoms with Gasteiger partial charge in [-0.15, -0.1) is 11.3 Å². The lowest BCUT2D eigenvalue weighted by Crippen LogP contribution is -2.25. The maximum atomic E-state index is 12.3. The van der Waals surface area contributed by atoms with E-state index in [9.17, 15) is 8.42 Å². The number of thiazole rings is 1. The second kappa shape index (κ2) is 7.77. The molecule has 3 rings (SSSR count). The number of nitrogens with zero attached hydrogens (tertiary/aromatic N) is 1. The van der Waals surface area contributed by atoms with Gasteiger partial charge in [0.15, 0.2) is 0 Å². The van der Waals surface area contributed by atoms with Crippen molar-refractivity contribution in [3.63, 3.8) is 0 Å². The summed E-state index contributed by atoms with van der Waals surface area (Å²) < 4.78 is 32.2. The van der Waals surface area contributed by atoms with Crippen molar-refractivity contribution >= 4 is 21.4 Å². The zero-order chi connectivity index (χ0) is 17.7. The highest BCUT2D eigenvalue weighted by molar-refractivity contribution is 7.89. The van der Waals surface area contributed by atoms with Gasteiger partial charge in [0.1, 0.15) is 5.75 Å². The minimum absolute atomic E-state index is 0.220. The molecule has 1 N–H and O–H groups in total. The van der Waals surface area contributed by atoms with Crippen molar-refractivity contribution in [3.8, 4) is 17.0 Å². The van der Waals surface area contributed by atoms with Crippen LogP contribution in [0, 0.1) is 0 Å². The SMILES string of the molecule is COc1ccc(S(=O)(=O)NCCc2nc(-c3ccccc3)cs2)cc1. The first-order valence-corrected chi connectivity index (χ1v) is 10.1. The number of methoxy groups -OCH3 is 1. The van der Waals surface area contributed by atoms with Crippen LogP contribution in [0.2, 0.25) is 0 Å². The lowest BCUT2D eigenvalue weighted by atomic mass is 10.2. The molecule has 130 valence electrons. The van der Waals surface area contributed by atoms with Gasteiger partial charge < -0.3 is 4.74 Å². The third-order valence-electron chi connectivity index (χ3n) is 3.62. The fourth-order valence-corrected chi connectivity index (χ4v) is 4.14. The number of sulfonamides is 1. The maximum Gasteiger partial charge on any atom is 0.240 e. The van der Waals surface area contributed by atoms with Crippen LogP contribution in [-0.2, 0) is 16.4 Å². The van der Waals surface area contributed by atoms with Crippen LogP contribution >= 0.6 is 11.3 Å². The van der Waals surface area contributed by atoms with Gasteiger partial charge in [-0.2, -0.15) is 0 Å². The summed E-state index contributed by atoms with van der Waals surface area (Å²) in [7, 11) is -1.99. The molecule has 0 aliphatic carbocycles. The number of nitrogens with one attached hydrogen (secondary N) is 1. The molecule has 5 nitrogen and oxygen atoms in total. The summed E-state index contributed by atoms with van der Waals surface area (Å²) in [6, 6.07) is 16.2. The van der Waals surface area contributed by atoms with E-state index in [0.717, 1.165) is 16.3 Å². The second-order valence-corrected chi connectivity index (χ2v) is 8.03. The van der Waals surface area contributed by atoms with Crippen molar-refractivity contribution in [1.82, 2.24) is 9.71 Å². The Labute approximate surface area is 151 Å². The Hall–Kier alpha value is -2.22. The van der Waals surface area contributed by atoms with Crippen LogP contribution in [0.15, 0.2) is 64.9 Å². The molecule has 0 aliphatic heterocycles. The smallest absolute Gasteiger partial charge is 0.240 e. The van der Waals surface area contributed by atoms with Gasteiger partial charge in [-0.25, -0.2) is 18.1 Å². The Bertz CT molecular complexity index is 920. The van der Waals surface area contributed by atoms with Crippen LogP contribution in [-0.4, -0.2) is 27.1 Å². The lowest BCUT2D eigenvalue weighted by Gasteiger charge is -2.06. The average molecular weight is 374 g/mol. The Morgan fingerprint density at radius 1 is 1.08 bits per heavy atom. The minimum atomic E-state index is -3.53. The van der Waals surface area contributed by atoms with E-state index in [4.69, 9.17) is 4.74 Å². The fraction of sp³-hybridized carbons (Fsp3) is 0.167. The van der Waals surface area contributed by atoms with Gasteiger partial charge in [0.05, 0.1) is 22.7 Å². The predicted octanol–water partition coefficient (Wildman–Crippen LogP) is 3.34. The summed E-state index contributed by atoms with van der Waals surface area (Å²) in [5, 5.41) is 2.89. The molecule has 25 heavy (non-hydrogen) atoms. The molecule has 7 heteroatoms. The number of hydrogen-bond acceptors (Lipinski definition) is 5. The minimum Gasteiger partial charge on any atom is -0.497 e. The first-order valence-electron chi connectivity index (χ1n) is 7.72. The topological polar surface area (TPSA) is 68.3 Å². The molecular formula is C18H18N2O3S2. The zero-order valence-electron chi connectivity index (χ0n) is 13.7. The first-order chi connectivity index (χ1) is 12.1. The molecule has 0 saturated carbocycles. The van der Waals surface area contributed by atoms with Gasteiger partial charge >= 0.3 is 0 Å². The summed E-state index contributed by atoms with van der Waals surface area (Å²) in [5.41, 5.74) is 1.97. The molecule has 2 aromatic carbocycles. The van der Waals surface area contributed by atoms with Crippen LogP contribution in [0.3, 0.4) is 0 Å². The molecule has 0 atom stereocenters. The molecule has 0 saturated heterocycles. The Morgan fingerprint density at radius 3 is 2.48 bits per heavy atom. The van der Waals surface area contributed by atoms with Crippen LogP contribution in [0.25, 0.3) is 11.3 Å². The van der Waals surface area contributed by atoms with Crippen LogP contribution in [0.5, 0.6) is 5.75 Å². The van der Waals surface area contributed by atoms with Crippen LogP contribution < -0.4 is 9.46 Å². The molecule has 0 aliphatic rings.